The normalized spacial score (nSPS) is 18.9. The zero-order chi connectivity index (χ0) is 21.4. The molecule has 6 heteroatoms. The molecule has 4 heterocycles. The molecule has 1 fully saturated rings. The van der Waals surface area contributed by atoms with Gasteiger partial charge in [0.2, 0.25) is 0 Å². The van der Waals surface area contributed by atoms with Crippen LogP contribution >= 0.6 is 0 Å². The van der Waals surface area contributed by atoms with E-state index in [1.807, 2.05) is 6.07 Å². The van der Waals surface area contributed by atoms with Crippen molar-refractivity contribution in [3.63, 3.8) is 0 Å². The average Bonchev–Trinajstić information content (AvgIpc) is 3.44. The van der Waals surface area contributed by atoms with Gasteiger partial charge in [-0.25, -0.2) is 4.99 Å². The van der Waals surface area contributed by atoms with Gasteiger partial charge in [0, 0.05) is 47.9 Å². The second-order valence-corrected chi connectivity index (χ2v) is 8.20. The Labute approximate surface area is 181 Å². The summed E-state index contributed by atoms with van der Waals surface area (Å²) in [6.45, 7) is 8.48. The number of aryl methyl sites for hydroxylation is 2. The number of aromatic nitrogens is 2. The van der Waals surface area contributed by atoms with Gasteiger partial charge in [0.05, 0.1) is 42.1 Å². The molecule has 0 radical (unpaired) electrons. The molecule has 2 N–H and O–H groups in total. The van der Waals surface area contributed by atoms with Crippen LogP contribution in [0.3, 0.4) is 0 Å². The van der Waals surface area contributed by atoms with Crippen LogP contribution in [0.5, 0.6) is 5.75 Å². The first kappa shape index (κ1) is 19.8. The summed E-state index contributed by atoms with van der Waals surface area (Å²) < 4.78 is 11.2. The Hall–Kier alpha value is -3.09. The number of nitrogens with zero attached hydrogens (tertiary/aromatic N) is 2. The highest BCUT2D eigenvalue weighted by Gasteiger charge is 2.20. The fraction of sp³-hybridized carbons (Fsp3) is 0.320. The Morgan fingerprint density at radius 2 is 1.94 bits per heavy atom. The standard InChI is InChI=1S/C25H28N4O2/c1-16-12-17(2)26-21(16)13-22-24(30-3)14-23(27-22)25-19(15-29-8-10-31-11-9-29)18-6-4-5-7-20(18)28-25/h4-7,12-14,26-27H,8-11,15H2,1-3H3/b22-13-,25-23?. The van der Waals surface area contributed by atoms with Gasteiger partial charge in [0.25, 0.3) is 0 Å². The Bertz CT molecular complexity index is 1360. The Morgan fingerprint density at radius 3 is 2.68 bits per heavy atom. The lowest BCUT2D eigenvalue weighted by Crippen LogP contribution is -2.38. The van der Waals surface area contributed by atoms with Gasteiger partial charge in [-0.1, -0.05) is 18.2 Å². The van der Waals surface area contributed by atoms with Crippen LogP contribution in [0.4, 0.5) is 0 Å². The smallest absolute Gasteiger partial charge is 0.144 e. The minimum Gasteiger partial charge on any atom is -0.494 e. The molecule has 2 aromatic heterocycles. The Kier molecular flexibility index (Phi) is 5.26. The van der Waals surface area contributed by atoms with Gasteiger partial charge in [0.15, 0.2) is 0 Å². The van der Waals surface area contributed by atoms with Crippen LogP contribution < -0.4 is 26.0 Å². The van der Waals surface area contributed by atoms with E-state index < -0.39 is 0 Å². The molecule has 0 atom stereocenters. The van der Waals surface area contributed by atoms with Crippen LogP contribution in [0.25, 0.3) is 17.3 Å². The first-order valence-electron chi connectivity index (χ1n) is 10.7. The van der Waals surface area contributed by atoms with E-state index >= 15 is 0 Å². The third-order valence-electron chi connectivity index (χ3n) is 6.00. The number of hydrogen-bond donors (Lipinski definition) is 2. The summed E-state index contributed by atoms with van der Waals surface area (Å²) in [6.07, 6.45) is 2.11. The first-order chi connectivity index (χ1) is 15.1. The maximum atomic E-state index is 5.70. The highest BCUT2D eigenvalue weighted by Crippen LogP contribution is 2.17. The molecule has 2 aliphatic heterocycles. The highest BCUT2D eigenvalue weighted by atomic mass is 16.5. The predicted molar refractivity (Wildman–Crippen MR) is 122 cm³/mol. The molecule has 0 unspecified atom stereocenters. The third-order valence-corrected chi connectivity index (χ3v) is 6.00. The van der Waals surface area contributed by atoms with Crippen molar-refractivity contribution in [1.29, 1.82) is 0 Å². The number of benzene rings is 1. The number of ether oxygens (including phenoxy) is 2. The number of H-pyrrole nitrogens is 2. The number of nitrogens with one attached hydrogen (secondary N) is 2. The molecule has 1 saturated heterocycles. The van der Waals surface area contributed by atoms with E-state index in [0.717, 1.165) is 71.7 Å². The zero-order valence-corrected chi connectivity index (χ0v) is 18.3. The van der Waals surface area contributed by atoms with Crippen molar-refractivity contribution in [3.8, 4) is 5.75 Å². The number of para-hydroxylation sites is 1. The number of morpholine rings is 1. The van der Waals surface area contributed by atoms with Crippen LogP contribution in [-0.4, -0.2) is 54.8 Å². The summed E-state index contributed by atoms with van der Waals surface area (Å²) in [5.41, 5.74) is 5.68. The molecule has 0 saturated carbocycles. The summed E-state index contributed by atoms with van der Waals surface area (Å²) in [6, 6.07) is 12.6. The van der Waals surface area contributed by atoms with E-state index in [1.54, 1.807) is 7.11 Å². The van der Waals surface area contributed by atoms with Gasteiger partial charge >= 0.3 is 0 Å². The number of rotatable bonds is 4. The van der Waals surface area contributed by atoms with Crippen molar-refractivity contribution in [3.05, 3.63) is 74.6 Å². The van der Waals surface area contributed by atoms with Crippen molar-refractivity contribution < 1.29 is 9.47 Å². The number of hydrogen-bond acceptors (Lipinski definition) is 4. The van der Waals surface area contributed by atoms with E-state index in [0.29, 0.717) is 0 Å². The lowest BCUT2D eigenvalue weighted by atomic mass is 10.1. The van der Waals surface area contributed by atoms with Crippen molar-refractivity contribution >= 4 is 17.3 Å². The van der Waals surface area contributed by atoms with Gasteiger partial charge in [-0.15, -0.1) is 0 Å². The van der Waals surface area contributed by atoms with Crippen LogP contribution in [0.15, 0.2) is 41.4 Å². The van der Waals surface area contributed by atoms with E-state index in [4.69, 9.17) is 14.5 Å². The van der Waals surface area contributed by atoms with Crippen molar-refractivity contribution in [1.82, 2.24) is 14.9 Å². The molecule has 31 heavy (non-hydrogen) atoms. The monoisotopic (exact) mass is 416 g/mol. The number of methoxy groups -OCH3 is 1. The summed E-state index contributed by atoms with van der Waals surface area (Å²) in [5, 5.41) is 4.14. The lowest BCUT2D eigenvalue weighted by molar-refractivity contribution is 0.0444. The van der Waals surface area contributed by atoms with Gasteiger partial charge in [0.1, 0.15) is 5.75 Å². The molecule has 0 bridgehead atoms. The van der Waals surface area contributed by atoms with Crippen LogP contribution in [0.1, 0.15) is 17.0 Å². The highest BCUT2D eigenvalue weighted by molar-refractivity contribution is 5.89. The minimum absolute atomic E-state index is 0.783. The van der Waals surface area contributed by atoms with Gasteiger partial charge in [-0.2, -0.15) is 0 Å². The van der Waals surface area contributed by atoms with E-state index in [1.165, 1.54) is 16.4 Å². The largest absolute Gasteiger partial charge is 0.494 e. The van der Waals surface area contributed by atoms with E-state index in [-0.39, 0.29) is 0 Å². The SMILES string of the molecule is COc1cc(=C2N=c3ccccc3=C2CN2CCOCC2)[nH]/c1=C\c1[nH]c(C)cc1C. The molecule has 3 aromatic rings. The molecule has 160 valence electrons. The Morgan fingerprint density at radius 1 is 1.13 bits per heavy atom. The van der Waals surface area contributed by atoms with Crippen LogP contribution in [0, 0.1) is 13.8 Å². The number of aromatic amines is 2. The van der Waals surface area contributed by atoms with Gasteiger partial charge in [-0.3, -0.25) is 4.90 Å². The topological polar surface area (TPSA) is 65.6 Å². The lowest BCUT2D eigenvalue weighted by Gasteiger charge is -2.27. The summed E-state index contributed by atoms with van der Waals surface area (Å²) in [4.78, 5) is 14.4. The van der Waals surface area contributed by atoms with E-state index in [9.17, 15) is 0 Å². The zero-order valence-electron chi connectivity index (χ0n) is 18.3. The minimum atomic E-state index is 0.783. The molecule has 0 amide bonds. The summed E-state index contributed by atoms with van der Waals surface area (Å²) in [5.74, 6) is 0.811. The quantitative estimate of drug-likeness (QED) is 0.659. The van der Waals surface area contributed by atoms with Gasteiger partial charge in [-0.05, 0) is 37.6 Å². The van der Waals surface area contributed by atoms with Crippen LogP contribution in [-0.2, 0) is 4.74 Å². The fourth-order valence-electron chi connectivity index (χ4n) is 4.41. The third kappa shape index (κ3) is 3.84. The molecular weight excluding hydrogens is 388 g/mol. The molecule has 0 spiro atoms. The van der Waals surface area contributed by atoms with Crippen molar-refractivity contribution in [2.45, 2.75) is 13.8 Å². The second-order valence-electron chi connectivity index (χ2n) is 8.20. The van der Waals surface area contributed by atoms with Crippen molar-refractivity contribution in [2.75, 3.05) is 40.0 Å². The van der Waals surface area contributed by atoms with Gasteiger partial charge < -0.3 is 19.4 Å². The van der Waals surface area contributed by atoms with Crippen LogP contribution in [0.2, 0.25) is 0 Å². The fourth-order valence-corrected chi connectivity index (χ4v) is 4.41. The van der Waals surface area contributed by atoms with Crippen molar-refractivity contribution in [2.24, 2.45) is 4.99 Å². The predicted octanol–water partition coefficient (Wildman–Crippen LogP) is 0.722. The molecule has 6 nitrogen and oxygen atoms in total. The maximum Gasteiger partial charge on any atom is 0.144 e. The average molecular weight is 417 g/mol. The molecule has 0 aliphatic carbocycles. The molecule has 1 aromatic carbocycles. The summed E-state index contributed by atoms with van der Waals surface area (Å²) in [7, 11) is 1.71. The molecular formula is C25H28N4O2. The second kappa shape index (κ2) is 8.21. The van der Waals surface area contributed by atoms with E-state index in [2.05, 4.69) is 65.1 Å². The first-order valence-corrected chi connectivity index (χ1v) is 10.7. The molecule has 5 rings (SSSR count). The number of fused-ring (bicyclic) bond motifs is 1. The summed E-state index contributed by atoms with van der Waals surface area (Å²) >= 11 is 0. The molecule has 2 aliphatic rings. The Balaban J connectivity index is 1.67. The maximum absolute atomic E-state index is 5.70.